The minimum Gasteiger partial charge on any atom is -0.466 e. The maximum atomic E-state index is 13.0. The van der Waals surface area contributed by atoms with E-state index >= 15 is 0 Å². The number of aromatic nitrogens is 1. The van der Waals surface area contributed by atoms with Crippen LogP contribution in [0.3, 0.4) is 0 Å². The number of halogens is 4. The number of nitrogens with zero attached hydrogens (tertiary/aromatic N) is 1. The Balaban J connectivity index is 3.16. The number of pyridine rings is 1. The van der Waals surface area contributed by atoms with Crippen LogP contribution in [-0.4, -0.2) is 17.6 Å². The van der Waals surface area contributed by atoms with Crippen LogP contribution >= 0.6 is 11.6 Å². The molecule has 0 aliphatic heterocycles. The summed E-state index contributed by atoms with van der Waals surface area (Å²) in [5.41, 5.74) is -0.717. The van der Waals surface area contributed by atoms with Crippen LogP contribution in [0.4, 0.5) is 13.2 Å². The Morgan fingerprint density at radius 2 is 2.22 bits per heavy atom. The summed E-state index contributed by atoms with van der Waals surface area (Å²) < 4.78 is 43.2. The molecule has 0 amide bonds. The molecule has 0 saturated heterocycles. The van der Waals surface area contributed by atoms with Gasteiger partial charge in [-0.05, 0) is 12.5 Å². The molecule has 0 bridgehead atoms. The van der Waals surface area contributed by atoms with Gasteiger partial charge in [0.05, 0.1) is 24.6 Å². The molecular formula is C11H11ClF3NO2. The summed E-state index contributed by atoms with van der Waals surface area (Å²) in [4.78, 5) is 14.7. The molecule has 0 fully saturated rings. The van der Waals surface area contributed by atoms with Crippen molar-refractivity contribution >= 4 is 17.6 Å². The first-order chi connectivity index (χ1) is 8.49. The highest BCUT2D eigenvalue weighted by molar-refractivity contribution is 6.17. The van der Waals surface area contributed by atoms with Crippen molar-refractivity contribution in [3.05, 3.63) is 28.8 Å². The number of hydrogen-bond donors (Lipinski definition) is 0. The fraction of sp³-hybridized carbons (Fsp3) is 0.455. The Labute approximate surface area is 107 Å². The Bertz CT molecular complexity index is 441. The van der Waals surface area contributed by atoms with Crippen LogP contribution in [0, 0.1) is 5.95 Å². The molecule has 0 radical (unpaired) electrons. The predicted octanol–water partition coefficient (Wildman–Crippen LogP) is 3.00. The van der Waals surface area contributed by atoms with Crippen LogP contribution in [0.2, 0.25) is 0 Å². The zero-order valence-corrected chi connectivity index (χ0v) is 10.3. The maximum Gasteiger partial charge on any atom is 0.310 e. The van der Waals surface area contributed by atoms with E-state index in [1.54, 1.807) is 6.92 Å². The van der Waals surface area contributed by atoms with E-state index in [1.165, 1.54) is 0 Å². The van der Waals surface area contributed by atoms with E-state index in [4.69, 9.17) is 11.6 Å². The normalized spacial score (nSPS) is 10.8. The minimum atomic E-state index is -2.91. The van der Waals surface area contributed by atoms with Crippen molar-refractivity contribution in [2.75, 3.05) is 6.61 Å². The van der Waals surface area contributed by atoms with Gasteiger partial charge in [-0.15, -0.1) is 11.6 Å². The molecule has 0 aromatic carbocycles. The molecule has 1 rings (SSSR count). The first-order valence-electron chi connectivity index (χ1n) is 5.17. The van der Waals surface area contributed by atoms with Gasteiger partial charge in [-0.1, -0.05) is 0 Å². The van der Waals surface area contributed by atoms with Crippen LogP contribution in [-0.2, 0) is 21.8 Å². The zero-order chi connectivity index (χ0) is 13.7. The van der Waals surface area contributed by atoms with Gasteiger partial charge < -0.3 is 4.74 Å². The molecule has 0 N–H and O–H groups in total. The van der Waals surface area contributed by atoms with E-state index in [1.807, 2.05) is 0 Å². The number of esters is 1. The monoisotopic (exact) mass is 281 g/mol. The molecule has 1 aromatic heterocycles. The second-order valence-corrected chi connectivity index (χ2v) is 3.64. The van der Waals surface area contributed by atoms with Crippen LogP contribution in [0.25, 0.3) is 0 Å². The summed E-state index contributed by atoms with van der Waals surface area (Å²) in [5, 5.41) is 0. The highest BCUT2D eigenvalue weighted by Gasteiger charge is 2.21. The molecule has 1 heterocycles. The van der Waals surface area contributed by atoms with Gasteiger partial charge in [0.25, 0.3) is 6.43 Å². The van der Waals surface area contributed by atoms with Crippen molar-refractivity contribution in [2.24, 2.45) is 0 Å². The zero-order valence-electron chi connectivity index (χ0n) is 9.55. The first-order valence-corrected chi connectivity index (χ1v) is 5.71. The van der Waals surface area contributed by atoms with Crippen molar-refractivity contribution in [1.82, 2.24) is 4.98 Å². The molecule has 0 spiro atoms. The summed E-state index contributed by atoms with van der Waals surface area (Å²) in [6, 6.07) is 0.606. The lowest BCUT2D eigenvalue weighted by atomic mass is 10.0. The number of ether oxygens (including phenoxy) is 1. The van der Waals surface area contributed by atoms with Crippen molar-refractivity contribution in [2.45, 2.75) is 25.7 Å². The number of alkyl halides is 3. The Morgan fingerprint density at radius 3 is 2.72 bits per heavy atom. The third-order valence-corrected chi connectivity index (χ3v) is 2.45. The maximum absolute atomic E-state index is 13.0. The number of rotatable bonds is 5. The molecule has 1 aromatic rings. The summed E-state index contributed by atoms with van der Waals surface area (Å²) >= 11 is 5.52. The van der Waals surface area contributed by atoms with Crippen LogP contribution < -0.4 is 0 Å². The Hall–Kier alpha value is -1.30. The van der Waals surface area contributed by atoms with Gasteiger partial charge in [-0.2, -0.15) is 4.39 Å². The topological polar surface area (TPSA) is 39.2 Å². The minimum absolute atomic E-state index is 0.0694. The fourth-order valence-corrected chi connectivity index (χ4v) is 1.70. The fourth-order valence-electron chi connectivity index (χ4n) is 1.48. The average Bonchev–Trinajstić information content (AvgIpc) is 2.30. The van der Waals surface area contributed by atoms with E-state index < -0.39 is 30.3 Å². The van der Waals surface area contributed by atoms with Gasteiger partial charge in [0.2, 0.25) is 5.95 Å². The van der Waals surface area contributed by atoms with Crippen molar-refractivity contribution in [3.8, 4) is 0 Å². The smallest absolute Gasteiger partial charge is 0.310 e. The standard InChI is InChI=1S/C11H11ClF3NO2/c1-2-18-10(17)4-6-7(11(14)15)3-9(13)16-8(6)5-12/h3,11H,2,4-5H2,1H3. The van der Waals surface area contributed by atoms with E-state index in [0.717, 1.165) is 0 Å². The number of carbonyl (C=O) groups excluding carboxylic acids is 1. The molecule has 100 valence electrons. The van der Waals surface area contributed by atoms with E-state index in [0.29, 0.717) is 6.07 Å². The SMILES string of the molecule is CCOC(=O)Cc1c(C(F)F)cc(F)nc1CCl. The first kappa shape index (κ1) is 14.8. The molecule has 3 nitrogen and oxygen atoms in total. The quantitative estimate of drug-likeness (QED) is 0.473. The predicted molar refractivity (Wildman–Crippen MR) is 59.0 cm³/mol. The number of hydrogen-bond acceptors (Lipinski definition) is 3. The number of carbonyl (C=O) groups is 1. The van der Waals surface area contributed by atoms with Gasteiger partial charge >= 0.3 is 5.97 Å². The Kier molecular flexibility index (Phi) is 5.40. The molecular weight excluding hydrogens is 271 g/mol. The molecule has 0 aliphatic rings. The lowest BCUT2D eigenvalue weighted by Gasteiger charge is -2.12. The van der Waals surface area contributed by atoms with Crippen molar-refractivity contribution in [1.29, 1.82) is 0 Å². The van der Waals surface area contributed by atoms with Crippen molar-refractivity contribution < 1.29 is 22.7 Å². The molecule has 0 saturated carbocycles. The summed E-state index contributed by atoms with van der Waals surface area (Å²) in [7, 11) is 0. The molecule has 0 aliphatic carbocycles. The molecule has 7 heteroatoms. The molecule has 0 unspecified atom stereocenters. The largest absolute Gasteiger partial charge is 0.466 e. The average molecular weight is 282 g/mol. The lowest BCUT2D eigenvalue weighted by Crippen LogP contribution is -2.13. The Morgan fingerprint density at radius 1 is 1.56 bits per heavy atom. The molecule has 0 atom stereocenters. The third kappa shape index (κ3) is 3.60. The van der Waals surface area contributed by atoms with Crippen molar-refractivity contribution in [3.63, 3.8) is 0 Å². The van der Waals surface area contributed by atoms with E-state index in [-0.39, 0.29) is 23.7 Å². The van der Waals surface area contributed by atoms with Crippen LogP contribution in [0.1, 0.15) is 30.2 Å². The van der Waals surface area contributed by atoms with Gasteiger partial charge in [-0.25, -0.2) is 13.8 Å². The second-order valence-electron chi connectivity index (χ2n) is 3.38. The van der Waals surface area contributed by atoms with Crippen LogP contribution in [0.5, 0.6) is 0 Å². The van der Waals surface area contributed by atoms with Gasteiger partial charge in [0, 0.05) is 11.6 Å². The molecule has 18 heavy (non-hydrogen) atoms. The highest BCUT2D eigenvalue weighted by Crippen LogP contribution is 2.27. The highest BCUT2D eigenvalue weighted by atomic mass is 35.5. The summed E-state index contributed by atoms with van der Waals surface area (Å²) in [6.45, 7) is 1.73. The van der Waals surface area contributed by atoms with Gasteiger partial charge in [-0.3, -0.25) is 4.79 Å². The van der Waals surface area contributed by atoms with Gasteiger partial charge in [0.15, 0.2) is 0 Å². The summed E-state index contributed by atoms with van der Waals surface area (Å²) in [6.07, 6.45) is -3.31. The van der Waals surface area contributed by atoms with E-state index in [2.05, 4.69) is 9.72 Å². The lowest BCUT2D eigenvalue weighted by molar-refractivity contribution is -0.142. The third-order valence-electron chi connectivity index (χ3n) is 2.20. The summed E-state index contributed by atoms with van der Waals surface area (Å²) in [5.74, 6) is -1.99. The van der Waals surface area contributed by atoms with Crippen LogP contribution in [0.15, 0.2) is 6.07 Å². The second kappa shape index (κ2) is 6.58. The van der Waals surface area contributed by atoms with E-state index in [9.17, 15) is 18.0 Å². The van der Waals surface area contributed by atoms with Gasteiger partial charge in [0.1, 0.15) is 0 Å².